The topological polar surface area (TPSA) is 148 Å². The highest BCUT2D eigenvalue weighted by Crippen LogP contribution is 2.35. The summed E-state index contributed by atoms with van der Waals surface area (Å²) in [4.78, 5) is 78.0. The molecule has 4 fully saturated rings. The molecular formula is C41H52ClF3N6O6. The molecule has 2 unspecified atom stereocenters. The van der Waals surface area contributed by atoms with Crippen LogP contribution in [0.5, 0.6) is 0 Å². The lowest BCUT2D eigenvalue weighted by molar-refractivity contribution is -0.138. The van der Waals surface area contributed by atoms with Gasteiger partial charge in [0.2, 0.25) is 23.6 Å². The molecule has 6 aliphatic rings. The molecule has 57 heavy (non-hydrogen) atoms. The lowest BCUT2D eigenvalue weighted by atomic mass is 9.88. The van der Waals surface area contributed by atoms with Gasteiger partial charge in [-0.15, -0.1) is 12.4 Å². The number of piperidine rings is 4. The maximum absolute atomic E-state index is 12.7. The molecule has 12 nitrogen and oxygen atoms in total. The summed E-state index contributed by atoms with van der Waals surface area (Å²) in [6, 6.07) is 11.2. The average molecular weight is 817 g/mol. The fourth-order valence-electron chi connectivity index (χ4n) is 8.43. The summed E-state index contributed by atoms with van der Waals surface area (Å²) in [5.74, 6) is -0.331. The first-order valence-corrected chi connectivity index (χ1v) is 19.8. The molecule has 2 aromatic rings. The molecule has 0 aromatic heterocycles. The average Bonchev–Trinajstić information content (AvgIpc) is 3.70. The first-order valence-electron chi connectivity index (χ1n) is 19.8. The summed E-state index contributed by atoms with van der Waals surface area (Å²) in [5, 5.41) is 8.06. The molecular weight excluding hydrogens is 765 g/mol. The quantitative estimate of drug-likeness (QED) is 0.360. The van der Waals surface area contributed by atoms with Gasteiger partial charge in [-0.2, -0.15) is 13.2 Å². The van der Waals surface area contributed by atoms with E-state index >= 15 is 0 Å². The van der Waals surface area contributed by atoms with Crippen LogP contribution >= 0.6 is 12.4 Å². The van der Waals surface area contributed by atoms with Crippen LogP contribution < -0.4 is 16.0 Å². The number of alkyl halides is 3. The van der Waals surface area contributed by atoms with E-state index in [0.717, 1.165) is 76.5 Å². The van der Waals surface area contributed by atoms with Crippen molar-refractivity contribution in [2.45, 2.75) is 115 Å². The molecule has 0 radical (unpaired) electrons. The third kappa shape index (κ3) is 10.4. The molecule has 0 bridgehead atoms. The van der Waals surface area contributed by atoms with Crippen molar-refractivity contribution in [3.05, 3.63) is 69.8 Å². The Hall–Kier alpha value is -4.34. The van der Waals surface area contributed by atoms with E-state index in [4.69, 9.17) is 0 Å². The number of nitrogens with zero attached hydrogens (tertiary/aromatic N) is 3. The number of likely N-dealkylation sites (tertiary alicyclic amines) is 1. The number of halogens is 4. The molecule has 310 valence electrons. The second-order valence-corrected chi connectivity index (χ2v) is 15.3. The first-order chi connectivity index (χ1) is 26.8. The van der Waals surface area contributed by atoms with Crippen molar-refractivity contribution >= 4 is 47.9 Å². The fraction of sp³-hybridized carbons (Fsp3) is 0.561. The minimum Gasteiger partial charge on any atom is -0.322 e. The smallest absolute Gasteiger partial charge is 0.322 e. The Labute approximate surface area is 337 Å². The van der Waals surface area contributed by atoms with Gasteiger partial charge >= 0.3 is 6.18 Å². The van der Waals surface area contributed by atoms with E-state index in [2.05, 4.69) is 52.0 Å². The minimum atomic E-state index is -3.96. The number of rotatable bonds is 5. The molecule has 0 spiro atoms. The number of nitrogens with one attached hydrogen (secondary N) is 3. The Bertz CT molecular complexity index is 1850. The highest BCUT2D eigenvalue weighted by atomic mass is 35.5. The number of imide groups is 2. The summed E-state index contributed by atoms with van der Waals surface area (Å²) in [6.07, 6.45) is 1.24. The molecule has 2 aromatic carbocycles. The Morgan fingerprint density at radius 3 is 1.46 bits per heavy atom. The van der Waals surface area contributed by atoms with Crippen LogP contribution in [0.4, 0.5) is 13.2 Å². The van der Waals surface area contributed by atoms with Crippen LogP contribution in [0.25, 0.3) is 0 Å². The SMILES string of the molecule is CCC(F)(F)F.CCN1CCC(c2ccc3c(c2)CN(C2CCC(=O)NC2=O)C3=O)CC1.Cl.O=C1CCC(N2Cc3cc(C4CCNCC4)ccc3C2=O)C(=O)N1. The van der Waals surface area contributed by atoms with Crippen molar-refractivity contribution < 1.29 is 41.9 Å². The summed E-state index contributed by atoms with van der Waals surface area (Å²) in [7, 11) is 0. The van der Waals surface area contributed by atoms with E-state index in [1.165, 1.54) is 11.1 Å². The third-order valence-corrected chi connectivity index (χ3v) is 11.8. The Morgan fingerprint density at radius 1 is 0.649 bits per heavy atom. The summed E-state index contributed by atoms with van der Waals surface area (Å²) in [6.45, 7) is 9.61. The van der Waals surface area contributed by atoms with Crippen LogP contribution in [0.2, 0.25) is 0 Å². The summed E-state index contributed by atoms with van der Waals surface area (Å²) >= 11 is 0. The molecule has 0 aliphatic carbocycles. The normalized spacial score (nSPS) is 23.0. The zero-order chi connectivity index (χ0) is 40.1. The number of benzene rings is 2. The minimum absolute atomic E-state index is 0. The Morgan fingerprint density at radius 2 is 1.07 bits per heavy atom. The lowest BCUT2D eigenvalue weighted by Gasteiger charge is -2.31. The molecule has 2 atom stereocenters. The van der Waals surface area contributed by atoms with E-state index in [0.29, 0.717) is 48.9 Å². The number of fused-ring (bicyclic) bond motifs is 2. The maximum atomic E-state index is 12.7. The maximum Gasteiger partial charge on any atom is 0.388 e. The molecule has 6 heterocycles. The number of hydrogen-bond donors (Lipinski definition) is 3. The zero-order valence-electron chi connectivity index (χ0n) is 32.4. The van der Waals surface area contributed by atoms with Crippen LogP contribution in [0.3, 0.4) is 0 Å². The van der Waals surface area contributed by atoms with Gasteiger partial charge in [0.05, 0.1) is 0 Å². The molecule has 8 rings (SSSR count). The van der Waals surface area contributed by atoms with Crippen molar-refractivity contribution in [1.82, 2.24) is 30.7 Å². The van der Waals surface area contributed by atoms with Gasteiger partial charge in [0, 0.05) is 43.5 Å². The van der Waals surface area contributed by atoms with E-state index < -0.39 is 24.7 Å². The highest BCUT2D eigenvalue weighted by molar-refractivity contribution is 6.06. The lowest BCUT2D eigenvalue weighted by Crippen LogP contribution is -2.52. The molecule has 6 aliphatic heterocycles. The molecule has 6 amide bonds. The number of carbonyl (C=O) groups excluding carboxylic acids is 6. The van der Waals surface area contributed by atoms with Crippen molar-refractivity contribution in [1.29, 1.82) is 0 Å². The largest absolute Gasteiger partial charge is 0.388 e. The van der Waals surface area contributed by atoms with Crippen LogP contribution in [-0.2, 0) is 32.3 Å². The van der Waals surface area contributed by atoms with Crippen molar-refractivity contribution in [2.24, 2.45) is 0 Å². The van der Waals surface area contributed by atoms with Gasteiger partial charge in [0.15, 0.2) is 0 Å². The van der Waals surface area contributed by atoms with Gasteiger partial charge in [-0.1, -0.05) is 38.1 Å². The summed E-state index contributed by atoms with van der Waals surface area (Å²) < 4.78 is 32.4. The van der Waals surface area contributed by atoms with Crippen LogP contribution in [0.1, 0.15) is 126 Å². The number of amides is 6. The second kappa shape index (κ2) is 18.9. The van der Waals surface area contributed by atoms with E-state index in [1.54, 1.807) is 9.80 Å². The molecule has 0 saturated carbocycles. The summed E-state index contributed by atoms with van der Waals surface area (Å²) in [5.41, 5.74) is 5.99. The number of carbonyl (C=O) groups is 6. The van der Waals surface area contributed by atoms with Gasteiger partial charge in [-0.3, -0.25) is 39.4 Å². The van der Waals surface area contributed by atoms with Crippen LogP contribution in [-0.4, -0.2) is 101 Å². The predicted octanol–water partition coefficient (Wildman–Crippen LogP) is 4.94. The second-order valence-electron chi connectivity index (χ2n) is 15.3. The van der Waals surface area contributed by atoms with Crippen molar-refractivity contribution in [2.75, 3.05) is 32.7 Å². The van der Waals surface area contributed by atoms with Gasteiger partial charge in [-0.05, 0) is 117 Å². The Kier molecular flexibility index (Phi) is 14.5. The van der Waals surface area contributed by atoms with Crippen molar-refractivity contribution in [3.63, 3.8) is 0 Å². The van der Waals surface area contributed by atoms with Crippen molar-refractivity contribution in [3.8, 4) is 0 Å². The molecule has 3 N–H and O–H groups in total. The first kappa shape index (κ1) is 43.8. The fourth-order valence-corrected chi connectivity index (χ4v) is 8.43. The zero-order valence-corrected chi connectivity index (χ0v) is 33.2. The Balaban J connectivity index is 0.000000188. The van der Waals surface area contributed by atoms with E-state index in [1.807, 2.05) is 12.1 Å². The monoisotopic (exact) mass is 816 g/mol. The van der Waals surface area contributed by atoms with E-state index in [9.17, 15) is 41.9 Å². The van der Waals surface area contributed by atoms with E-state index in [-0.39, 0.29) is 60.7 Å². The van der Waals surface area contributed by atoms with Crippen LogP contribution in [0.15, 0.2) is 36.4 Å². The molecule has 4 saturated heterocycles. The molecule has 16 heteroatoms. The third-order valence-electron chi connectivity index (χ3n) is 11.8. The standard InChI is InChI=1S/C20H25N3O3.C18H21N3O3.C3H5F3.ClH/c1-2-22-9-7-13(8-10-22)14-3-4-16-15(11-14)12-23(20(16)26)17-5-6-18(24)21-19(17)25;22-16-4-3-15(17(23)20-16)21-10-13-9-12(1-2-14(13)18(21)24)11-5-7-19-8-6-11;1-2-3(4,5)6;/h3-4,11,13,17H,2,5-10,12H2,1H3,(H,21,24,25);1-2,9,11,15,19H,3-8,10H2,(H,20,22,23);2H2,1H3;1H. The van der Waals surface area contributed by atoms with Gasteiger partial charge in [0.1, 0.15) is 12.1 Å². The number of hydrogen-bond acceptors (Lipinski definition) is 8. The predicted molar refractivity (Wildman–Crippen MR) is 208 cm³/mol. The van der Waals surface area contributed by atoms with Gasteiger partial charge in [-0.25, -0.2) is 0 Å². The van der Waals surface area contributed by atoms with Crippen LogP contribution in [0, 0.1) is 0 Å². The van der Waals surface area contributed by atoms with Gasteiger partial charge < -0.3 is 20.0 Å². The highest BCUT2D eigenvalue weighted by Gasteiger charge is 2.41. The van der Waals surface area contributed by atoms with Gasteiger partial charge in [0.25, 0.3) is 11.8 Å².